The van der Waals surface area contributed by atoms with Gasteiger partial charge in [0.2, 0.25) is 5.91 Å². The lowest BCUT2D eigenvalue weighted by Crippen LogP contribution is -2.29. The maximum Gasteiger partial charge on any atom is 0.251 e. The molecule has 0 aliphatic carbocycles. The topological polar surface area (TPSA) is 79.5 Å². The molecule has 1 aromatic rings. The largest absolute Gasteiger partial charge is 0.385 e. The van der Waals surface area contributed by atoms with Crippen LogP contribution in [0.2, 0.25) is 0 Å². The molecule has 6 nitrogen and oxygen atoms in total. The Labute approximate surface area is 118 Å². The minimum absolute atomic E-state index is 0.116. The Kier molecular flexibility index (Phi) is 7.31. The van der Waals surface area contributed by atoms with E-state index >= 15 is 0 Å². The van der Waals surface area contributed by atoms with Crippen molar-refractivity contribution in [3.05, 3.63) is 29.8 Å². The molecule has 0 saturated heterocycles. The summed E-state index contributed by atoms with van der Waals surface area (Å²) < 4.78 is 4.91. The van der Waals surface area contributed by atoms with Crippen molar-refractivity contribution in [2.45, 2.75) is 6.42 Å². The number of ether oxygens (including phenoxy) is 1. The monoisotopic (exact) mass is 279 g/mol. The zero-order valence-corrected chi connectivity index (χ0v) is 11.9. The van der Waals surface area contributed by atoms with Crippen LogP contribution in [0.1, 0.15) is 16.8 Å². The van der Waals surface area contributed by atoms with Crippen LogP contribution in [0.3, 0.4) is 0 Å². The Bertz CT molecular complexity index is 432. The second-order valence-electron chi connectivity index (χ2n) is 4.23. The van der Waals surface area contributed by atoms with Crippen molar-refractivity contribution in [2.24, 2.45) is 0 Å². The lowest BCUT2D eigenvalue weighted by Gasteiger charge is -2.07. The number of hydrogen-bond donors (Lipinski definition) is 3. The van der Waals surface area contributed by atoms with Gasteiger partial charge in [0.25, 0.3) is 5.91 Å². The summed E-state index contributed by atoms with van der Waals surface area (Å²) in [5.41, 5.74) is 1.23. The molecule has 2 amide bonds. The van der Waals surface area contributed by atoms with Crippen molar-refractivity contribution in [1.82, 2.24) is 10.6 Å². The molecule has 3 N–H and O–H groups in total. The Morgan fingerprint density at radius 1 is 1.20 bits per heavy atom. The molecule has 0 unspecified atom stereocenters. The minimum atomic E-state index is -0.150. The summed E-state index contributed by atoms with van der Waals surface area (Å²) in [6, 6.07) is 6.74. The molecule has 0 radical (unpaired) electrons. The predicted octanol–water partition coefficient (Wildman–Crippen LogP) is 0.611. The summed E-state index contributed by atoms with van der Waals surface area (Å²) in [4.78, 5) is 23.0. The lowest BCUT2D eigenvalue weighted by molar-refractivity contribution is -0.115. The van der Waals surface area contributed by atoms with Gasteiger partial charge in [-0.2, -0.15) is 0 Å². The number of methoxy groups -OCH3 is 1. The van der Waals surface area contributed by atoms with Crippen LogP contribution >= 0.6 is 0 Å². The third-order valence-electron chi connectivity index (χ3n) is 2.65. The number of amides is 2. The van der Waals surface area contributed by atoms with Gasteiger partial charge < -0.3 is 20.7 Å². The number of rotatable bonds is 8. The van der Waals surface area contributed by atoms with Crippen LogP contribution in [0.15, 0.2) is 24.3 Å². The SMILES string of the molecule is CNC(=O)c1ccc(NC(=O)CNCCCOC)cc1. The summed E-state index contributed by atoms with van der Waals surface area (Å²) in [6.07, 6.45) is 0.866. The quantitative estimate of drug-likeness (QED) is 0.609. The molecule has 0 bridgehead atoms. The summed E-state index contributed by atoms with van der Waals surface area (Å²) in [5.74, 6) is -0.266. The fourth-order valence-electron chi connectivity index (χ4n) is 1.60. The van der Waals surface area contributed by atoms with Gasteiger partial charge in [0.1, 0.15) is 0 Å². The van der Waals surface area contributed by atoms with Gasteiger partial charge in [0.05, 0.1) is 6.54 Å². The molecule has 0 aliphatic heterocycles. The van der Waals surface area contributed by atoms with Crippen LogP contribution in [0, 0.1) is 0 Å². The maximum absolute atomic E-state index is 11.6. The van der Waals surface area contributed by atoms with E-state index < -0.39 is 0 Å². The van der Waals surface area contributed by atoms with Gasteiger partial charge in [-0.05, 0) is 37.2 Å². The average molecular weight is 279 g/mol. The Morgan fingerprint density at radius 3 is 2.50 bits per heavy atom. The van der Waals surface area contributed by atoms with Crippen molar-refractivity contribution in [3.63, 3.8) is 0 Å². The van der Waals surface area contributed by atoms with E-state index in [1.54, 1.807) is 38.4 Å². The predicted molar refractivity (Wildman–Crippen MR) is 77.8 cm³/mol. The Morgan fingerprint density at radius 2 is 1.90 bits per heavy atom. The molecule has 1 aromatic carbocycles. The number of anilines is 1. The first-order chi connectivity index (χ1) is 9.67. The number of carbonyl (C=O) groups excluding carboxylic acids is 2. The zero-order valence-electron chi connectivity index (χ0n) is 11.9. The molecule has 0 aromatic heterocycles. The summed E-state index contributed by atoms with van der Waals surface area (Å²) >= 11 is 0. The van der Waals surface area contributed by atoms with Crippen molar-refractivity contribution >= 4 is 17.5 Å². The number of carbonyl (C=O) groups is 2. The van der Waals surface area contributed by atoms with Gasteiger partial charge in [-0.15, -0.1) is 0 Å². The number of hydrogen-bond acceptors (Lipinski definition) is 4. The van der Waals surface area contributed by atoms with Crippen LogP contribution in [0.25, 0.3) is 0 Å². The highest BCUT2D eigenvalue weighted by Gasteiger charge is 2.04. The van der Waals surface area contributed by atoms with Gasteiger partial charge in [-0.3, -0.25) is 9.59 Å². The normalized spacial score (nSPS) is 10.1. The van der Waals surface area contributed by atoms with Crippen LogP contribution < -0.4 is 16.0 Å². The van der Waals surface area contributed by atoms with E-state index in [0.717, 1.165) is 13.0 Å². The van der Waals surface area contributed by atoms with Gasteiger partial charge >= 0.3 is 0 Å². The second-order valence-corrected chi connectivity index (χ2v) is 4.23. The number of nitrogens with one attached hydrogen (secondary N) is 3. The Hall–Kier alpha value is -1.92. The van der Waals surface area contributed by atoms with E-state index in [-0.39, 0.29) is 18.4 Å². The fourth-order valence-corrected chi connectivity index (χ4v) is 1.60. The van der Waals surface area contributed by atoms with Gasteiger partial charge in [0, 0.05) is 32.0 Å². The molecule has 110 valence electrons. The molecule has 6 heteroatoms. The second kappa shape index (κ2) is 9.06. The molecule has 0 saturated carbocycles. The van der Waals surface area contributed by atoms with Crippen LogP contribution in [-0.2, 0) is 9.53 Å². The highest BCUT2D eigenvalue weighted by Crippen LogP contribution is 2.09. The molecule has 1 rings (SSSR count). The molecule has 0 fully saturated rings. The van der Waals surface area contributed by atoms with E-state index in [9.17, 15) is 9.59 Å². The van der Waals surface area contributed by atoms with Crippen LogP contribution in [0.5, 0.6) is 0 Å². The van der Waals surface area contributed by atoms with Gasteiger partial charge in [-0.1, -0.05) is 0 Å². The van der Waals surface area contributed by atoms with Crippen molar-refractivity contribution in [2.75, 3.05) is 39.2 Å². The minimum Gasteiger partial charge on any atom is -0.385 e. The first-order valence-corrected chi connectivity index (χ1v) is 6.49. The van der Waals surface area contributed by atoms with Crippen LogP contribution in [0.4, 0.5) is 5.69 Å². The lowest BCUT2D eigenvalue weighted by atomic mass is 10.2. The summed E-state index contributed by atoms with van der Waals surface area (Å²) in [7, 11) is 3.22. The van der Waals surface area contributed by atoms with Crippen molar-refractivity contribution in [3.8, 4) is 0 Å². The van der Waals surface area contributed by atoms with E-state index in [1.807, 2.05) is 0 Å². The summed E-state index contributed by atoms with van der Waals surface area (Å²) in [5, 5.41) is 8.32. The Balaban J connectivity index is 2.33. The van der Waals surface area contributed by atoms with E-state index in [4.69, 9.17) is 4.74 Å². The average Bonchev–Trinajstić information content (AvgIpc) is 2.47. The van der Waals surface area contributed by atoms with Crippen LogP contribution in [-0.4, -0.2) is 45.7 Å². The molecular formula is C14H21N3O3. The maximum atomic E-state index is 11.6. The smallest absolute Gasteiger partial charge is 0.251 e. The van der Waals surface area contributed by atoms with E-state index in [1.165, 1.54) is 0 Å². The summed E-state index contributed by atoms with van der Waals surface area (Å²) in [6.45, 7) is 1.66. The zero-order chi connectivity index (χ0) is 14.8. The highest BCUT2D eigenvalue weighted by atomic mass is 16.5. The van der Waals surface area contributed by atoms with Crippen molar-refractivity contribution in [1.29, 1.82) is 0 Å². The number of benzene rings is 1. The highest BCUT2D eigenvalue weighted by molar-refractivity contribution is 5.96. The first-order valence-electron chi connectivity index (χ1n) is 6.49. The van der Waals surface area contributed by atoms with Gasteiger partial charge in [0.15, 0.2) is 0 Å². The molecule has 0 aliphatic rings. The molecule has 20 heavy (non-hydrogen) atoms. The fraction of sp³-hybridized carbons (Fsp3) is 0.429. The van der Waals surface area contributed by atoms with E-state index in [0.29, 0.717) is 17.9 Å². The molecule has 0 spiro atoms. The molecule has 0 heterocycles. The molecular weight excluding hydrogens is 258 g/mol. The third kappa shape index (κ3) is 5.81. The standard InChI is InChI=1S/C14H21N3O3/c1-15-14(19)11-4-6-12(7-5-11)17-13(18)10-16-8-3-9-20-2/h4-7,16H,3,8-10H2,1-2H3,(H,15,19)(H,17,18). The molecule has 0 atom stereocenters. The third-order valence-corrected chi connectivity index (χ3v) is 2.65. The van der Waals surface area contributed by atoms with Gasteiger partial charge in [-0.25, -0.2) is 0 Å². The first kappa shape index (κ1) is 16.1. The van der Waals surface area contributed by atoms with Crippen molar-refractivity contribution < 1.29 is 14.3 Å². The van der Waals surface area contributed by atoms with E-state index in [2.05, 4.69) is 16.0 Å².